The summed E-state index contributed by atoms with van der Waals surface area (Å²) in [6.07, 6.45) is 0.517. The number of hydrogen-bond donors (Lipinski definition) is 2. The van der Waals surface area contributed by atoms with Crippen LogP contribution in [0.1, 0.15) is 27.2 Å². The average molecular weight is 287 g/mol. The van der Waals surface area contributed by atoms with Crippen LogP contribution in [0.25, 0.3) is 0 Å². The number of rotatable bonds is 5. The number of benzene rings is 1. The quantitative estimate of drug-likeness (QED) is 0.816. The van der Waals surface area contributed by atoms with E-state index < -0.39 is 0 Å². The van der Waals surface area contributed by atoms with Gasteiger partial charge in [-0.1, -0.05) is 20.8 Å². The SMILES string of the molecule is COc1ccc(NC(=O)CC(C)C(C)C)cc1N.Cl. The minimum absolute atomic E-state index is 0. The first-order valence-electron chi connectivity index (χ1n) is 6.17. The molecular formula is C14H23ClN2O2. The van der Waals surface area contributed by atoms with Crippen molar-refractivity contribution in [2.45, 2.75) is 27.2 Å². The lowest BCUT2D eigenvalue weighted by Gasteiger charge is -2.15. The molecule has 1 unspecified atom stereocenters. The highest BCUT2D eigenvalue weighted by atomic mass is 35.5. The zero-order valence-corrected chi connectivity index (χ0v) is 12.7. The second kappa shape index (κ2) is 7.89. The van der Waals surface area contributed by atoms with E-state index in [1.807, 2.05) is 0 Å². The molecule has 108 valence electrons. The Bertz CT molecular complexity index is 422. The highest BCUT2D eigenvalue weighted by molar-refractivity contribution is 5.91. The molecule has 0 radical (unpaired) electrons. The number of ether oxygens (including phenoxy) is 1. The van der Waals surface area contributed by atoms with Gasteiger partial charge in [0.25, 0.3) is 0 Å². The zero-order valence-electron chi connectivity index (χ0n) is 11.9. The van der Waals surface area contributed by atoms with Gasteiger partial charge in [0.05, 0.1) is 12.8 Å². The van der Waals surface area contributed by atoms with Crippen molar-refractivity contribution in [1.29, 1.82) is 0 Å². The number of hydrogen-bond acceptors (Lipinski definition) is 3. The van der Waals surface area contributed by atoms with Crippen LogP contribution in [-0.4, -0.2) is 13.0 Å². The lowest BCUT2D eigenvalue weighted by Crippen LogP contribution is -2.17. The predicted octanol–water partition coefficient (Wildman–Crippen LogP) is 3.32. The van der Waals surface area contributed by atoms with Crippen LogP contribution < -0.4 is 15.8 Å². The Morgan fingerprint density at radius 2 is 2.00 bits per heavy atom. The molecule has 1 aromatic rings. The number of amides is 1. The van der Waals surface area contributed by atoms with Crippen molar-refractivity contribution >= 4 is 29.7 Å². The molecule has 4 nitrogen and oxygen atoms in total. The summed E-state index contributed by atoms with van der Waals surface area (Å²) in [6, 6.07) is 5.24. The van der Waals surface area contributed by atoms with Gasteiger partial charge in [-0.15, -0.1) is 12.4 Å². The maximum absolute atomic E-state index is 11.8. The van der Waals surface area contributed by atoms with Gasteiger partial charge in [-0.25, -0.2) is 0 Å². The number of carbonyl (C=O) groups excluding carboxylic acids is 1. The normalized spacial score (nSPS) is 11.6. The van der Waals surface area contributed by atoms with Gasteiger partial charge in [0.1, 0.15) is 5.75 Å². The predicted molar refractivity (Wildman–Crippen MR) is 81.9 cm³/mol. The maximum Gasteiger partial charge on any atom is 0.224 e. The van der Waals surface area contributed by atoms with E-state index in [0.29, 0.717) is 35.4 Å². The van der Waals surface area contributed by atoms with Crippen molar-refractivity contribution in [3.63, 3.8) is 0 Å². The first kappa shape index (κ1) is 17.6. The highest BCUT2D eigenvalue weighted by Gasteiger charge is 2.13. The standard InChI is InChI=1S/C14H22N2O2.ClH/c1-9(2)10(3)7-14(17)16-11-5-6-13(18-4)12(15)8-11;/h5-6,8-10H,7,15H2,1-4H3,(H,16,17);1H. The molecule has 0 saturated carbocycles. The molecule has 0 spiro atoms. The van der Waals surface area contributed by atoms with Crippen molar-refractivity contribution in [2.75, 3.05) is 18.2 Å². The fraction of sp³-hybridized carbons (Fsp3) is 0.500. The number of methoxy groups -OCH3 is 1. The van der Waals surface area contributed by atoms with Gasteiger partial charge in [0, 0.05) is 12.1 Å². The lowest BCUT2D eigenvalue weighted by atomic mass is 9.94. The van der Waals surface area contributed by atoms with Crippen LogP contribution in [0, 0.1) is 11.8 Å². The third-order valence-electron chi connectivity index (χ3n) is 3.16. The molecule has 0 fully saturated rings. The van der Waals surface area contributed by atoms with E-state index in [4.69, 9.17) is 10.5 Å². The minimum atomic E-state index is 0. The summed E-state index contributed by atoms with van der Waals surface area (Å²) in [7, 11) is 1.56. The molecule has 0 aliphatic heterocycles. The van der Waals surface area contributed by atoms with Crippen molar-refractivity contribution in [2.24, 2.45) is 11.8 Å². The Kier molecular flexibility index (Phi) is 7.30. The summed E-state index contributed by atoms with van der Waals surface area (Å²) in [5.41, 5.74) is 7.00. The van der Waals surface area contributed by atoms with Crippen LogP contribution in [0.3, 0.4) is 0 Å². The van der Waals surface area contributed by atoms with Crippen LogP contribution in [0.15, 0.2) is 18.2 Å². The van der Waals surface area contributed by atoms with Gasteiger partial charge in [-0.2, -0.15) is 0 Å². The average Bonchev–Trinajstić information content (AvgIpc) is 2.28. The van der Waals surface area contributed by atoms with Crippen LogP contribution in [0.4, 0.5) is 11.4 Å². The van der Waals surface area contributed by atoms with E-state index in [2.05, 4.69) is 26.1 Å². The molecule has 0 aliphatic carbocycles. The largest absolute Gasteiger partial charge is 0.495 e. The molecular weight excluding hydrogens is 264 g/mol. The summed E-state index contributed by atoms with van der Waals surface area (Å²) >= 11 is 0. The van der Waals surface area contributed by atoms with E-state index in [-0.39, 0.29) is 18.3 Å². The Morgan fingerprint density at radius 3 is 2.47 bits per heavy atom. The summed E-state index contributed by atoms with van der Waals surface area (Å²) in [5, 5.41) is 2.85. The zero-order chi connectivity index (χ0) is 13.7. The van der Waals surface area contributed by atoms with Crippen LogP contribution in [0.5, 0.6) is 5.75 Å². The second-order valence-electron chi connectivity index (χ2n) is 4.93. The summed E-state index contributed by atoms with van der Waals surface area (Å²) in [6.45, 7) is 6.30. The van der Waals surface area contributed by atoms with Gasteiger partial charge in [-0.3, -0.25) is 4.79 Å². The van der Waals surface area contributed by atoms with Gasteiger partial charge < -0.3 is 15.8 Å². The molecule has 1 atom stereocenters. The molecule has 3 N–H and O–H groups in total. The third kappa shape index (κ3) is 5.39. The van der Waals surface area contributed by atoms with E-state index >= 15 is 0 Å². The topological polar surface area (TPSA) is 64.3 Å². The number of halogens is 1. The van der Waals surface area contributed by atoms with Crippen LogP contribution >= 0.6 is 12.4 Å². The van der Waals surface area contributed by atoms with E-state index in [0.717, 1.165) is 0 Å². The number of carbonyl (C=O) groups is 1. The van der Waals surface area contributed by atoms with E-state index in [1.165, 1.54) is 0 Å². The molecule has 1 aromatic carbocycles. The van der Waals surface area contributed by atoms with Gasteiger partial charge in [0.2, 0.25) is 5.91 Å². The molecule has 0 aromatic heterocycles. The fourth-order valence-corrected chi connectivity index (χ4v) is 1.55. The maximum atomic E-state index is 11.8. The number of anilines is 2. The monoisotopic (exact) mass is 286 g/mol. The molecule has 19 heavy (non-hydrogen) atoms. The first-order chi connectivity index (χ1) is 8.43. The molecule has 0 bridgehead atoms. The van der Waals surface area contributed by atoms with Gasteiger partial charge >= 0.3 is 0 Å². The van der Waals surface area contributed by atoms with E-state index in [1.54, 1.807) is 25.3 Å². The highest BCUT2D eigenvalue weighted by Crippen LogP contribution is 2.25. The fourth-order valence-electron chi connectivity index (χ4n) is 1.55. The van der Waals surface area contributed by atoms with Gasteiger partial charge in [0.15, 0.2) is 0 Å². The van der Waals surface area contributed by atoms with Crippen molar-refractivity contribution in [3.05, 3.63) is 18.2 Å². The van der Waals surface area contributed by atoms with Crippen molar-refractivity contribution < 1.29 is 9.53 Å². The Balaban J connectivity index is 0.00000324. The minimum Gasteiger partial charge on any atom is -0.495 e. The lowest BCUT2D eigenvalue weighted by molar-refractivity contribution is -0.117. The number of nitrogen functional groups attached to an aromatic ring is 1. The smallest absolute Gasteiger partial charge is 0.224 e. The third-order valence-corrected chi connectivity index (χ3v) is 3.16. The Hall–Kier alpha value is -1.42. The second-order valence-corrected chi connectivity index (χ2v) is 4.93. The molecule has 5 heteroatoms. The summed E-state index contributed by atoms with van der Waals surface area (Å²) in [4.78, 5) is 11.8. The Morgan fingerprint density at radius 1 is 1.37 bits per heavy atom. The molecule has 0 heterocycles. The Labute approximate surface area is 121 Å². The van der Waals surface area contributed by atoms with Crippen LogP contribution in [0.2, 0.25) is 0 Å². The molecule has 1 rings (SSSR count). The first-order valence-corrected chi connectivity index (χ1v) is 6.17. The molecule has 0 aliphatic rings. The van der Waals surface area contributed by atoms with E-state index in [9.17, 15) is 4.79 Å². The van der Waals surface area contributed by atoms with Crippen molar-refractivity contribution in [1.82, 2.24) is 0 Å². The number of nitrogens with two attached hydrogens (primary N) is 1. The van der Waals surface area contributed by atoms with Crippen molar-refractivity contribution in [3.8, 4) is 5.75 Å². The van der Waals surface area contributed by atoms with Crippen LogP contribution in [-0.2, 0) is 4.79 Å². The van der Waals surface area contributed by atoms with Gasteiger partial charge in [-0.05, 0) is 30.0 Å². The molecule has 1 amide bonds. The summed E-state index contributed by atoms with van der Waals surface area (Å²) < 4.78 is 5.06. The number of nitrogens with one attached hydrogen (secondary N) is 1. The summed E-state index contributed by atoms with van der Waals surface area (Å²) in [5.74, 6) is 1.49. The molecule has 0 saturated heterocycles.